The summed E-state index contributed by atoms with van der Waals surface area (Å²) in [6.45, 7) is 1.45. The van der Waals surface area contributed by atoms with Gasteiger partial charge in [-0.3, -0.25) is 19.7 Å². The fourth-order valence-electron chi connectivity index (χ4n) is 4.98. The maximum Gasteiger partial charge on any atom is 0.257 e. The van der Waals surface area contributed by atoms with Gasteiger partial charge in [0.25, 0.3) is 5.91 Å². The largest absolute Gasteiger partial charge is 0.343 e. The molecule has 0 bridgehead atoms. The van der Waals surface area contributed by atoms with Crippen LogP contribution in [-0.4, -0.2) is 63.0 Å². The molecule has 3 heterocycles. The van der Waals surface area contributed by atoms with Gasteiger partial charge >= 0.3 is 0 Å². The average molecular weight is 424 g/mol. The van der Waals surface area contributed by atoms with Crippen LogP contribution in [0.25, 0.3) is 0 Å². The average Bonchev–Trinajstić information content (AvgIpc) is 3.33. The van der Waals surface area contributed by atoms with Gasteiger partial charge in [0.2, 0.25) is 5.91 Å². The number of piperidine rings is 1. The number of pyridine rings is 1. The Morgan fingerprint density at radius 2 is 1.81 bits per heavy atom. The maximum absolute atomic E-state index is 13.2. The van der Waals surface area contributed by atoms with Gasteiger partial charge in [0.1, 0.15) is 0 Å². The summed E-state index contributed by atoms with van der Waals surface area (Å²) >= 11 is 0. The number of nitrogens with one attached hydrogen (secondary N) is 1. The zero-order chi connectivity index (χ0) is 21.6. The second-order valence-electron chi connectivity index (χ2n) is 8.92. The van der Waals surface area contributed by atoms with E-state index in [1.807, 2.05) is 29.0 Å². The molecular weight excluding hydrogens is 390 g/mol. The molecule has 4 rings (SSSR count). The number of aryl methyl sites for hydroxylation is 1. The molecule has 1 aliphatic carbocycles. The van der Waals surface area contributed by atoms with Crippen molar-refractivity contribution in [3.05, 3.63) is 47.5 Å². The van der Waals surface area contributed by atoms with Crippen LogP contribution in [0.3, 0.4) is 0 Å². The second-order valence-corrected chi connectivity index (χ2v) is 8.92. The van der Waals surface area contributed by atoms with E-state index in [2.05, 4.69) is 15.2 Å². The lowest BCUT2D eigenvalue weighted by Crippen LogP contribution is -2.40. The Kier molecular flexibility index (Phi) is 6.99. The number of hydrogen-bond acceptors (Lipinski definition) is 4. The van der Waals surface area contributed by atoms with Crippen molar-refractivity contribution in [2.75, 3.05) is 20.1 Å². The van der Waals surface area contributed by atoms with E-state index in [9.17, 15) is 9.59 Å². The van der Waals surface area contributed by atoms with E-state index in [-0.39, 0.29) is 17.7 Å². The number of amides is 2. The summed E-state index contributed by atoms with van der Waals surface area (Å²) in [6.07, 6.45) is 14.1. The first-order valence-corrected chi connectivity index (χ1v) is 11.6. The van der Waals surface area contributed by atoms with Crippen molar-refractivity contribution in [2.45, 2.75) is 69.7 Å². The molecular formula is C24H33N5O2. The zero-order valence-corrected chi connectivity index (χ0v) is 18.4. The fourth-order valence-corrected chi connectivity index (χ4v) is 4.98. The number of aromatic amines is 1. The molecule has 0 unspecified atom stereocenters. The molecule has 1 saturated carbocycles. The fraction of sp³-hybridized carbons (Fsp3) is 0.583. The summed E-state index contributed by atoms with van der Waals surface area (Å²) in [4.78, 5) is 33.7. The van der Waals surface area contributed by atoms with Gasteiger partial charge in [0.15, 0.2) is 0 Å². The first-order valence-electron chi connectivity index (χ1n) is 11.6. The third kappa shape index (κ3) is 5.14. The molecule has 2 aromatic rings. The number of likely N-dealkylation sites (tertiary alicyclic amines) is 1. The number of aromatic nitrogens is 3. The van der Waals surface area contributed by atoms with Gasteiger partial charge < -0.3 is 9.80 Å². The van der Waals surface area contributed by atoms with Crippen molar-refractivity contribution < 1.29 is 9.59 Å². The molecule has 0 radical (unpaired) electrons. The third-order valence-corrected chi connectivity index (χ3v) is 6.97. The first kappa shape index (κ1) is 21.5. The molecule has 2 aromatic heterocycles. The van der Waals surface area contributed by atoms with E-state index < -0.39 is 0 Å². The number of H-pyrrole nitrogens is 1. The van der Waals surface area contributed by atoms with E-state index in [0.29, 0.717) is 18.0 Å². The molecule has 1 N–H and O–H groups in total. The summed E-state index contributed by atoms with van der Waals surface area (Å²) in [5.74, 6) is 0.519. The molecule has 0 spiro atoms. The predicted octanol–water partition coefficient (Wildman–Crippen LogP) is 3.55. The van der Waals surface area contributed by atoms with Crippen LogP contribution in [-0.2, 0) is 11.2 Å². The summed E-state index contributed by atoms with van der Waals surface area (Å²) in [5.41, 5.74) is 2.79. The number of hydrogen-bond donors (Lipinski definition) is 1. The lowest BCUT2D eigenvalue weighted by Gasteiger charge is -2.33. The third-order valence-electron chi connectivity index (χ3n) is 6.97. The zero-order valence-electron chi connectivity index (χ0n) is 18.4. The highest BCUT2D eigenvalue weighted by Gasteiger charge is 2.30. The molecule has 2 amide bonds. The number of rotatable bonds is 6. The van der Waals surface area contributed by atoms with Crippen LogP contribution in [0, 0.1) is 0 Å². The highest BCUT2D eigenvalue weighted by Crippen LogP contribution is 2.31. The minimum Gasteiger partial charge on any atom is -0.343 e. The lowest BCUT2D eigenvalue weighted by molar-refractivity contribution is -0.132. The van der Waals surface area contributed by atoms with Crippen molar-refractivity contribution >= 4 is 11.8 Å². The molecule has 2 aliphatic rings. The highest BCUT2D eigenvalue weighted by atomic mass is 16.2. The molecule has 7 heteroatoms. The van der Waals surface area contributed by atoms with Gasteiger partial charge in [-0.15, -0.1) is 0 Å². The Balaban J connectivity index is 1.31. The van der Waals surface area contributed by atoms with Crippen LogP contribution >= 0.6 is 0 Å². The maximum atomic E-state index is 13.2. The van der Waals surface area contributed by atoms with Crippen molar-refractivity contribution in [3.8, 4) is 0 Å². The minimum absolute atomic E-state index is 0.0755. The predicted molar refractivity (Wildman–Crippen MR) is 119 cm³/mol. The van der Waals surface area contributed by atoms with Crippen molar-refractivity contribution in [3.63, 3.8) is 0 Å². The lowest BCUT2D eigenvalue weighted by atomic mass is 9.90. The van der Waals surface area contributed by atoms with Gasteiger partial charge in [-0.05, 0) is 49.8 Å². The van der Waals surface area contributed by atoms with Gasteiger partial charge in [-0.1, -0.05) is 19.3 Å². The summed E-state index contributed by atoms with van der Waals surface area (Å²) in [5, 5.41) is 7.30. The van der Waals surface area contributed by atoms with Crippen molar-refractivity contribution in [1.29, 1.82) is 0 Å². The summed E-state index contributed by atoms with van der Waals surface area (Å²) < 4.78 is 0. The molecule has 7 nitrogen and oxygen atoms in total. The van der Waals surface area contributed by atoms with E-state index in [1.54, 1.807) is 18.6 Å². The molecule has 0 aromatic carbocycles. The summed E-state index contributed by atoms with van der Waals surface area (Å²) in [7, 11) is 1.93. The number of carbonyl (C=O) groups excluding carboxylic acids is 2. The SMILES string of the molecule is CN(C(=O)c1cn[nH]c1C1CCN(C(=O)CCc2ccncc2)CC1)C1CCCCC1. The Morgan fingerprint density at radius 3 is 2.52 bits per heavy atom. The standard InChI is InChI=1S/C24H33N5O2/c1-28(20-5-3-2-4-6-20)24(31)21-17-26-27-23(21)19-11-15-29(16-12-19)22(30)8-7-18-9-13-25-14-10-18/h9-10,13-14,17,19-20H,2-8,11-12,15-16H2,1H3,(H,26,27). The Morgan fingerprint density at radius 1 is 1.10 bits per heavy atom. The quantitative estimate of drug-likeness (QED) is 0.770. The van der Waals surface area contributed by atoms with Crippen LogP contribution in [0.4, 0.5) is 0 Å². The second kappa shape index (κ2) is 10.1. The van der Waals surface area contributed by atoms with Gasteiger partial charge in [-0.25, -0.2) is 0 Å². The molecule has 1 saturated heterocycles. The Labute approximate surface area is 184 Å². The minimum atomic E-state index is 0.0755. The van der Waals surface area contributed by atoms with E-state index in [0.717, 1.165) is 56.5 Å². The van der Waals surface area contributed by atoms with Crippen LogP contribution in [0.15, 0.2) is 30.7 Å². The first-order chi connectivity index (χ1) is 15.1. The normalized spacial score (nSPS) is 18.2. The Bertz CT molecular complexity index is 867. The molecule has 1 aliphatic heterocycles. The smallest absolute Gasteiger partial charge is 0.257 e. The van der Waals surface area contributed by atoms with Crippen molar-refractivity contribution in [2.24, 2.45) is 0 Å². The summed E-state index contributed by atoms with van der Waals surface area (Å²) in [6, 6.07) is 4.25. The van der Waals surface area contributed by atoms with Crippen molar-refractivity contribution in [1.82, 2.24) is 25.0 Å². The molecule has 166 valence electrons. The van der Waals surface area contributed by atoms with Crippen LogP contribution in [0.1, 0.15) is 78.9 Å². The van der Waals surface area contributed by atoms with E-state index in [1.165, 1.54) is 19.3 Å². The molecule has 2 fully saturated rings. The molecule has 31 heavy (non-hydrogen) atoms. The number of nitrogens with zero attached hydrogens (tertiary/aromatic N) is 4. The van der Waals surface area contributed by atoms with Crippen LogP contribution < -0.4 is 0 Å². The van der Waals surface area contributed by atoms with Crippen LogP contribution in [0.5, 0.6) is 0 Å². The van der Waals surface area contributed by atoms with Gasteiger partial charge in [0, 0.05) is 50.9 Å². The van der Waals surface area contributed by atoms with Gasteiger partial charge in [0.05, 0.1) is 17.5 Å². The molecule has 0 atom stereocenters. The highest BCUT2D eigenvalue weighted by molar-refractivity contribution is 5.95. The van der Waals surface area contributed by atoms with Gasteiger partial charge in [-0.2, -0.15) is 5.10 Å². The number of carbonyl (C=O) groups is 2. The van der Waals surface area contributed by atoms with Crippen LogP contribution in [0.2, 0.25) is 0 Å². The van der Waals surface area contributed by atoms with E-state index >= 15 is 0 Å². The topological polar surface area (TPSA) is 82.2 Å². The van der Waals surface area contributed by atoms with E-state index in [4.69, 9.17) is 0 Å². The monoisotopic (exact) mass is 423 g/mol. The Hall–Kier alpha value is -2.70.